The van der Waals surface area contributed by atoms with E-state index in [-0.39, 0.29) is 0 Å². The van der Waals surface area contributed by atoms with Crippen molar-refractivity contribution in [1.29, 1.82) is 0 Å². The van der Waals surface area contributed by atoms with Gasteiger partial charge in [-0.1, -0.05) is 188 Å². The van der Waals surface area contributed by atoms with Crippen LogP contribution in [0.4, 0.5) is 0 Å². The summed E-state index contributed by atoms with van der Waals surface area (Å²) in [6, 6.07) is 73.5. The second-order valence-corrected chi connectivity index (χ2v) is 13.7. The van der Waals surface area contributed by atoms with E-state index in [0.717, 1.165) is 33.5 Å². The Kier molecular flexibility index (Phi) is 7.85. The van der Waals surface area contributed by atoms with Crippen molar-refractivity contribution in [3.05, 3.63) is 206 Å². The highest BCUT2D eigenvalue weighted by Crippen LogP contribution is 2.46. The van der Waals surface area contributed by atoms with E-state index in [2.05, 4.69) is 194 Å². The lowest BCUT2D eigenvalue weighted by molar-refractivity contribution is 1.18. The van der Waals surface area contributed by atoms with Crippen LogP contribution < -0.4 is 0 Å². The predicted octanol–water partition coefficient (Wildman–Crippen LogP) is 13.9. The Morgan fingerprint density at radius 3 is 1.26 bits per heavy atom. The van der Waals surface area contributed by atoms with Crippen LogP contribution in [0.15, 0.2) is 206 Å². The summed E-state index contributed by atoms with van der Waals surface area (Å²) in [5.74, 6) is 0.698. The lowest BCUT2D eigenvalue weighted by Gasteiger charge is -2.20. The van der Waals surface area contributed by atoms with Gasteiger partial charge in [0.25, 0.3) is 0 Å². The van der Waals surface area contributed by atoms with Gasteiger partial charge in [0.2, 0.25) is 0 Å². The van der Waals surface area contributed by atoms with Crippen molar-refractivity contribution < 1.29 is 0 Å². The Bertz CT molecular complexity index is 2890. The van der Waals surface area contributed by atoms with Crippen molar-refractivity contribution in [2.75, 3.05) is 0 Å². The number of benzene rings is 9. The molecule has 0 aliphatic rings. The zero-order valence-corrected chi connectivity index (χ0v) is 29.5. The van der Waals surface area contributed by atoms with Crippen molar-refractivity contribution in [1.82, 2.24) is 9.97 Å². The van der Waals surface area contributed by atoms with Crippen LogP contribution >= 0.6 is 0 Å². The van der Waals surface area contributed by atoms with Crippen molar-refractivity contribution >= 4 is 32.3 Å². The van der Waals surface area contributed by atoms with Gasteiger partial charge in [-0.3, -0.25) is 0 Å². The van der Waals surface area contributed by atoms with E-state index in [9.17, 15) is 0 Å². The molecule has 2 nitrogen and oxygen atoms in total. The predicted molar refractivity (Wildman–Crippen MR) is 227 cm³/mol. The summed E-state index contributed by atoms with van der Waals surface area (Å²) < 4.78 is 0. The largest absolute Gasteiger partial charge is 0.228 e. The van der Waals surface area contributed by atoms with Crippen LogP contribution in [0.3, 0.4) is 0 Å². The minimum absolute atomic E-state index is 0.698. The molecule has 9 aromatic carbocycles. The van der Waals surface area contributed by atoms with Gasteiger partial charge in [-0.05, 0) is 83.9 Å². The number of hydrogen-bond donors (Lipinski definition) is 0. The standard InChI is InChI=1S/C52H34N2/c1-5-17-36(18-6-1)48-34-49(37-19-7-2-8-20-37)54-52(53-48)41-29-31-45-47(33-41)51(39-23-11-4-12-24-39)44-30-28-40(32-46(44)50(45)38-21-9-3-10-22-38)43-27-15-25-35-16-13-14-26-42(35)43/h1-34H. The maximum Gasteiger partial charge on any atom is 0.160 e. The van der Waals surface area contributed by atoms with Gasteiger partial charge < -0.3 is 0 Å². The molecule has 2 heteroatoms. The van der Waals surface area contributed by atoms with Crippen LogP contribution in [0.1, 0.15) is 0 Å². The van der Waals surface area contributed by atoms with E-state index in [1.54, 1.807) is 0 Å². The number of aromatic nitrogens is 2. The molecule has 0 radical (unpaired) electrons. The van der Waals surface area contributed by atoms with Gasteiger partial charge in [0, 0.05) is 16.7 Å². The quantitative estimate of drug-likeness (QED) is 0.163. The molecule has 0 fully saturated rings. The van der Waals surface area contributed by atoms with Gasteiger partial charge in [-0.15, -0.1) is 0 Å². The summed E-state index contributed by atoms with van der Waals surface area (Å²) in [6.45, 7) is 0. The molecule has 0 unspecified atom stereocenters. The van der Waals surface area contributed by atoms with E-state index in [1.165, 1.54) is 60.3 Å². The van der Waals surface area contributed by atoms with E-state index < -0.39 is 0 Å². The van der Waals surface area contributed by atoms with Gasteiger partial charge in [0.15, 0.2) is 5.82 Å². The highest BCUT2D eigenvalue weighted by molar-refractivity contribution is 6.22. The highest BCUT2D eigenvalue weighted by atomic mass is 14.9. The van der Waals surface area contributed by atoms with E-state index in [0.29, 0.717) is 5.82 Å². The van der Waals surface area contributed by atoms with Crippen molar-refractivity contribution in [3.8, 4) is 67.3 Å². The third kappa shape index (κ3) is 5.62. The molecule has 0 saturated heterocycles. The first kappa shape index (κ1) is 31.6. The number of hydrogen-bond acceptors (Lipinski definition) is 2. The molecule has 252 valence electrons. The van der Waals surface area contributed by atoms with E-state index >= 15 is 0 Å². The molecule has 54 heavy (non-hydrogen) atoms. The molecule has 10 rings (SSSR count). The summed E-state index contributed by atoms with van der Waals surface area (Å²) in [7, 11) is 0. The topological polar surface area (TPSA) is 25.8 Å². The Labute approximate surface area is 314 Å². The highest BCUT2D eigenvalue weighted by Gasteiger charge is 2.20. The molecule has 0 saturated carbocycles. The molecule has 0 N–H and O–H groups in total. The van der Waals surface area contributed by atoms with Crippen LogP contribution in [0.5, 0.6) is 0 Å². The summed E-state index contributed by atoms with van der Waals surface area (Å²) in [5.41, 5.74) is 12.1. The fourth-order valence-electron chi connectivity index (χ4n) is 7.93. The molecule has 0 amide bonds. The third-order valence-electron chi connectivity index (χ3n) is 10.5. The summed E-state index contributed by atoms with van der Waals surface area (Å²) in [4.78, 5) is 10.4. The van der Waals surface area contributed by atoms with Gasteiger partial charge in [-0.2, -0.15) is 0 Å². The maximum atomic E-state index is 5.21. The van der Waals surface area contributed by atoms with Crippen molar-refractivity contribution in [2.45, 2.75) is 0 Å². The van der Waals surface area contributed by atoms with Crippen LogP contribution in [0.2, 0.25) is 0 Å². The molecule has 0 bridgehead atoms. The van der Waals surface area contributed by atoms with Crippen LogP contribution in [-0.4, -0.2) is 9.97 Å². The monoisotopic (exact) mass is 686 g/mol. The first-order chi connectivity index (χ1) is 26.8. The van der Waals surface area contributed by atoms with Crippen molar-refractivity contribution in [2.24, 2.45) is 0 Å². The summed E-state index contributed by atoms with van der Waals surface area (Å²) in [6.07, 6.45) is 0. The summed E-state index contributed by atoms with van der Waals surface area (Å²) in [5, 5.41) is 7.27. The average Bonchev–Trinajstić information content (AvgIpc) is 3.26. The molecule has 1 heterocycles. The molecule has 0 aliphatic carbocycles. The SMILES string of the molecule is c1ccc(-c2cc(-c3ccccc3)nc(-c3ccc4c(-c5ccccc5)c5cc(-c6cccc7ccccc67)ccc5c(-c5ccccc5)c4c3)n2)cc1. The third-order valence-corrected chi connectivity index (χ3v) is 10.5. The molecule has 0 atom stereocenters. The zero-order valence-electron chi connectivity index (χ0n) is 29.5. The fraction of sp³-hybridized carbons (Fsp3) is 0. The van der Waals surface area contributed by atoms with Crippen LogP contribution in [0, 0.1) is 0 Å². The van der Waals surface area contributed by atoms with Crippen molar-refractivity contribution in [3.63, 3.8) is 0 Å². The Balaban J connectivity index is 1.28. The van der Waals surface area contributed by atoms with Gasteiger partial charge in [-0.25, -0.2) is 9.97 Å². The Morgan fingerprint density at radius 2 is 0.704 bits per heavy atom. The Morgan fingerprint density at radius 1 is 0.259 bits per heavy atom. The summed E-state index contributed by atoms with van der Waals surface area (Å²) >= 11 is 0. The van der Waals surface area contributed by atoms with Crippen LogP contribution in [-0.2, 0) is 0 Å². The van der Waals surface area contributed by atoms with E-state index in [1.807, 2.05) is 12.1 Å². The zero-order chi connectivity index (χ0) is 35.8. The average molecular weight is 687 g/mol. The minimum Gasteiger partial charge on any atom is -0.228 e. The second kappa shape index (κ2) is 13.4. The molecule has 10 aromatic rings. The maximum absolute atomic E-state index is 5.21. The fourth-order valence-corrected chi connectivity index (χ4v) is 7.93. The molecule has 0 aliphatic heterocycles. The molecular formula is C52H34N2. The first-order valence-electron chi connectivity index (χ1n) is 18.4. The number of rotatable bonds is 6. The van der Waals surface area contributed by atoms with E-state index in [4.69, 9.17) is 9.97 Å². The van der Waals surface area contributed by atoms with Gasteiger partial charge in [0.1, 0.15) is 0 Å². The lowest BCUT2D eigenvalue weighted by Crippen LogP contribution is -1.97. The lowest BCUT2D eigenvalue weighted by atomic mass is 9.84. The van der Waals surface area contributed by atoms with Crippen LogP contribution in [0.25, 0.3) is 99.6 Å². The smallest absolute Gasteiger partial charge is 0.160 e. The normalized spacial score (nSPS) is 11.3. The number of fused-ring (bicyclic) bond motifs is 3. The Hall–Kier alpha value is -7.16. The molecular weight excluding hydrogens is 653 g/mol. The van der Waals surface area contributed by atoms with Gasteiger partial charge >= 0.3 is 0 Å². The molecule has 1 aromatic heterocycles. The minimum atomic E-state index is 0.698. The van der Waals surface area contributed by atoms with Gasteiger partial charge in [0.05, 0.1) is 11.4 Å². The second-order valence-electron chi connectivity index (χ2n) is 13.7. The molecule has 0 spiro atoms. The number of nitrogens with zero attached hydrogens (tertiary/aromatic N) is 2. The first-order valence-corrected chi connectivity index (χ1v) is 18.4.